The van der Waals surface area contributed by atoms with Crippen molar-refractivity contribution in [3.05, 3.63) is 36.5 Å². The molecule has 100 valence electrons. The summed E-state index contributed by atoms with van der Waals surface area (Å²) in [5, 5.41) is 9.85. The largest absolute Gasteiger partial charge is 0.508 e. The topological polar surface area (TPSA) is 76.5 Å². The van der Waals surface area contributed by atoms with E-state index in [4.69, 9.17) is 4.74 Å². The predicted molar refractivity (Wildman–Crippen MR) is 72.6 cm³/mol. The second-order valence-corrected chi connectivity index (χ2v) is 6.09. The van der Waals surface area contributed by atoms with Gasteiger partial charge in [-0.2, -0.15) is 0 Å². The van der Waals surface area contributed by atoms with Crippen LogP contribution in [-0.4, -0.2) is 31.9 Å². The van der Waals surface area contributed by atoms with Crippen LogP contribution in [0.5, 0.6) is 5.75 Å². The predicted octanol–water partition coefficient (Wildman–Crippen LogP) is 1.96. The second-order valence-electron chi connectivity index (χ2n) is 4.11. The van der Waals surface area contributed by atoms with Gasteiger partial charge in [-0.15, -0.1) is 0 Å². The van der Waals surface area contributed by atoms with Gasteiger partial charge in [0.2, 0.25) is 0 Å². The zero-order valence-corrected chi connectivity index (χ0v) is 11.4. The van der Waals surface area contributed by atoms with Crippen LogP contribution in [-0.2, 0) is 14.6 Å². The molecule has 1 aromatic heterocycles. The SMILES string of the molecule is C=C(OC)c1cc(S(C)(=O)=O)c2cc(O)ccc2n1. The van der Waals surface area contributed by atoms with E-state index >= 15 is 0 Å². The Morgan fingerprint density at radius 2 is 2.05 bits per heavy atom. The van der Waals surface area contributed by atoms with Crippen LogP contribution in [0.2, 0.25) is 0 Å². The summed E-state index contributed by atoms with van der Waals surface area (Å²) in [6, 6.07) is 5.76. The van der Waals surface area contributed by atoms with Gasteiger partial charge in [0.05, 0.1) is 17.5 Å². The molecule has 0 aliphatic rings. The first-order chi connectivity index (χ1) is 8.82. The third kappa shape index (κ3) is 2.53. The van der Waals surface area contributed by atoms with Crippen molar-refractivity contribution in [2.75, 3.05) is 13.4 Å². The first-order valence-electron chi connectivity index (χ1n) is 5.40. The summed E-state index contributed by atoms with van der Waals surface area (Å²) >= 11 is 0. The van der Waals surface area contributed by atoms with E-state index in [1.165, 1.54) is 25.3 Å². The number of ether oxygens (including phenoxy) is 1. The maximum atomic E-state index is 11.8. The van der Waals surface area contributed by atoms with Crippen molar-refractivity contribution < 1.29 is 18.3 Å². The monoisotopic (exact) mass is 279 g/mol. The number of fused-ring (bicyclic) bond motifs is 1. The molecule has 0 amide bonds. The first kappa shape index (κ1) is 13.4. The zero-order chi connectivity index (χ0) is 14.2. The third-order valence-electron chi connectivity index (χ3n) is 2.69. The number of phenolic OH excluding ortho intramolecular Hbond substituents is 1. The fourth-order valence-corrected chi connectivity index (χ4v) is 2.63. The van der Waals surface area contributed by atoms with Crippen LogP contribution in [0.25, 0.3) is 16.7 Å². The molecule has 0 radical (unpaired) electrons. The van der Waals surface area contributed by atoms with E-state index in [-0.39, 0.29) is 16.4 Å². The molecule has 0 fully saturated rings. The normalized spacial score (nSPS) is 11.5. The number of pyridine rings is 1. The lowest BCUT2D eigenvalue weighted by atomic mass is 10.2. The Morgan fingerprint density at radius 3 is 2.63 bits per heavy atom. The Bertz CT molecular complexity index is 766. The smallest absolute Gasteiger partial charge is 0.176 e. The number of phenols is 1. The molecule has 0 bridgehead atoms. The van der Waals surface area contributed by atoms with E-state index in [1.54, 1.807) is 6.07 Å². The minimum absolute atomic E-state index is 0.0162. The third-order valence-corrected chi connectivity index (χ3v) is 3.82. The second kappa shape index (κ2) is 4.55. The molecular weight excluding hydrogens is 266 g/mol. The van der Waals surface area contributed by atoms with E-state index in [1.807, 2.05) is 0 Å². The molecule has 0 aliphatic heterocycles. The zero-order valence-electron chi connectivity index (χ0n) is 10.5. The fourth-order valence-electron chi connectivity index (χ4n) is 1.74. The molecule has 0 spiro atoms. The number of benzene rings is 1. The average Bonchev–Trinajstić information content (AvgIpc) is 2.35. The number of rotatable bonds is 3. The van der Waals surface area contributed by atoms with Crippen molar-refractivity contribution in [2.24, 2.45) is 0 Å². The lowest BCUT2D eigenvalue weighted by molar-refractivity contribution is 0.369. The van der Waals surface area contributed by atoms with E-state index < -0.39 is 9.84 Å². The molecule has 5 nitrogen and oxygen atoms in total. The Kier molecular flexibility index (Phi) is 3.20. The first-order valence-corrected chi connectivity index (χ1v) is 7.29. The minimum Gasteiger partial charge on any atom is -0.508 e. The van der Waals surface area contributed by atoms with Crippen molar-refractivity contribution in [1.82, 2.24) is 4.98 Å². The molecule has 0 atom stereocenters. The summed E-state index contributed by atoms with van der Waals surface area (Å²) in [6.07, 6.45) is 1.10. The molecule has 19 heavy (non-hydrogen) atoms. The van der Waals surface area contributed by atoms with E-state index in [2.05, 4.69) is 11.6 Å². The van der Waals surface area contributed by atoms with Crippen LogP contribution in [0, 0.1) is 0 Å². The van der Waals surface area contributed by atoms with Crippen molar-refractivity contribution in [2.45, 2.75) is 4.90 Å². The summed E-state index contributed by atoms with van der Waals surface area (Å²) in [5.74, 6) is 0.261. The number of aromatic nitrogens is 1. The maximum Gasteiger partial charge on any atom is 0.176 e. The molecule has 6 heteroatoms. The number of hydrogen-bond donors (Lipinski definition) is 1. The highest BCUT2D eigenvalue weighted by molar-refractivity contribution is 7.91. The van der Waals surface area contributed by atoms with Crippen LogP contribution >= 0.6 is 0 Å². The molecule has 2 aromatic rings. The molecule has 2 rings (SSSR count). The minimum atomic E-state index is -3.46. The van der Waals surface area contributed by atoms with E-state index in [0.717, 1.165) is 6.26 Å². The van der Waals surface area contributed by atoms with E-state index in [0.29, 0.717) is 16.6 Å². The molecule has 1 heterocycles. The number of hydrogen-bond acceptors (Lipinski definition) is 5. The number of sulfone groups is 1. The van der Waals surface area contributed by atoms with Gasteiger partial charge in [0, 0.05) is 11.6 Å². The van der Waals surface area contributed by atoms with Gasteiger partial charge in [-0.05, 0) is 24.3 Å². The van der Waals surface area contributed by atoms with Gasteiger partial charge in [0.1, 0.15) is 17.2 Å². The van der Waals surface area contributed by atoms with Gasteiger partial charge >= 0.3 is 0 Å². The summed E-state index contributed by atoms with van der Waals surface area (Å²) in [6.45, 7) is 3.66. The molecule has 0 saturated carbocycles. The van der Waals surface area contributed by atoms with Gasteiger partial charge in [-0.3, -0.25) is 0 Å². The lowest BCUT2D eigenvalue weighted by Gasteiger charge is -2.09. The highest BCUT2D eigenvalue weighted by atomic mass is 32.2. The van der Waals surface area contributed by atoms with Crippen LogP contribution < -0.4 is 0 Å². The molecule has 0 aliphatic carbocycles. The Hall–Kier alpha value is -2.08. The van der Waals surface area contributed by atoms with Crippen LogP contribution in [0.4, 0.5) is 0 Å². The van der Waals surface area contributed by atoms with Crippen molar-refractivity contribution >= 4 is 26.5 Å². The molecular formula is C13H13NO4S. The number of methoxy groups -OCH3 is 1. The van der Waals surface area contributed by atoms with Gasteiger partial charge in [-0.1, -0.05) is 6.58 Å². The number of nitrogens with zero attached hydrogens (tertiary/aromatic N) is 1. The fraction of sp³-hybridized carbons (Fsp3) is 0.154. The summed E-state index contributed by atoms with van der Waals surface area (Å²) in [7, 11) is -2.02. The Morgan fingerprint density at radius 1 is 1.37 bits per heavy atom. The summed E-state index contributed by atoms with van der Waals surface area (Å²) in [5.41, 5.74) is 0.801. The van der Waals surface area contributed by atoms with Crippen LogP contribution in [0.15, 0.2) is 35.7 Å². The van der Waals surface area contributed by atoms with Gasteiger partial charge in [-0.25, -0.2) is 13.4 Å². The maximum absolute atomic E-state index is 11.8. The van der Waals surface area contributed by atoms with E-state index in [9.17, 15) is 13.5 Å². The molecule has 0 unspecified atom stereocenters. The standard InChI is InChI=1S/C13H13NO4S/c1-8(18-2)12-7-13(19(3,16)17)10-6-9(15)4-5-11(10)14-12/h4-7,15H,1H2,2-3H3. The quantitative estimate of drug-likeness (QED) is 0.869. The summed E-state index contributed by atoms with van der Waals surface area (Å²) < 4.78 is 28.7. The van der Waals surface area contributed by atoms with Crippen molar-refractivity contribution in [3.63, 3.8) is 0 Å². The molecule has 1 N–H and O–H groups in total. The lowest BCUT2D eigenvalue weighted by Crippen LogP contribution is -2.02. The summed E-state index contributed by atoms with van der Waals surface area (Å²) in [4.78, 5) is 4.35. The highest BCUT2D eigenvalue weighted by Gasteiger charge is 2.16. The Balaban J connectivity index is 2.88. The van der Waals surface area contributed by atoms with Gasteiger partial charge in [0.25, 0.3) is 0 Å². The van der Waals surface area contributed by atoms with Crippen molar-refractivity contribution in [3.8, 4) is 5.75 Å². The highest BCUT2D eigenvalue weighted by Crippen LogP contribution is 2.28. The number of aromatic hydroxyl groups is 1. The van der Waals surface area contributed by atoms with Crippen LogP contribution in [0.3, 0.4) is 0 Å². The Labute approximate surface area is 111 Å². The van der Waals surface area contributed by atoms with Gasteiger partial charge < -0.3 is 9.84 Å². The molecule has 0 saturated heterocycles. The van der Waals surface area contributed by atoms with Crippen molar-refractivity contribution in [1.29, 1.82) is 0 Å². The van der Waals surface area contributed by atoms with Crippen LogP contribution in [0.1, 0.15) is 5.69 Å². The average molecular weight is 279 g/mol. The molecule has 1 aromatic carbocycles. The van der Waals surface area contributed by atoms with Gasteiger partial charge in [0.15, 0.2) is 9.84 Å².